The molecule has 0 amide bonds. The standard InChI is InChI=1S/C15H18N4.2C2HF3O2/c1-2-4-12-11(3-1)5-6-13-14(12)17-18-15(13)19-9-7-16-8-10-19;2*3-2(4,5)1(6)7/h1-4,16H,5-10H2,(H,17,18);2*(H,6,7). The third-order valence-electron chi connectivity index (χ3n) is 4.68. The van der Waals surface area contributed by atoms with E-state index in [1.54, 1.807) is 0 Å². The van der Waals surface area contributed by atoms with Crippen LogP contribution >= 0.6 is 0 Å². The molecule has 1 saturated heterocycles. The minimum Gasteiger partial charge on any atom is -0.475 e. The van der Waals surface area contributed by atoms with Crippen LogP contribution in [0.15, 0.2) is 24.3 Å². The fraction of sp³-hybridized carbons (Fsp3) is 0.421. The molecule has 33 heavy (non-hydrogen) atoms. The topological polar surface area (TPSA) is 119 Å². The summed E-state index contributed by atoms with van der Waals surface area (Å²) in [6.07, 6.45) is -7.94. The van der Waals surface area contributed by atoms with Gasteiger partial charge in [-0.05, 0) is 18.4 Å². The number of carbonyl (C=O) groups is 2. The molecular weight excluding hydrogens is 462 g/mol. The quantitative estimate of drug-likeness (QED) is 0.462. The number of aromatic amines is 1. The summed E-state index contributed by atoms with van der Waals surface area (Å²) in [4.78, 5) is 20.2. The van der Waals surface area contributed by atoms with Gasteiger partial charge in [-0.25, -0.2) is 9.59 Å². The third kappa shape index (κ3) is 7.10. The molecule has 4 N–H and O–H groups in total. The minimum atomic E-state index is -5.08. The van der Waals surface area contributed by atoms with Crippen molar-refractivity contribution in [3.05, 3.63) is 35.4 Å². The van der Waals surface area contributed by atoms with E-state index in [1.165, 1.54) is 28.2 Å². The molecule has 0 bridgehead atoms. The van der Waals surface area contributed by atoms with Gasteiger partial charge in [-0.15, -0.1) is 0 Å². The highest BCUT2D eigenvalue weighted by molar-refractivity contribution is 5.75. The Hall–Kier alpha value is -3.29. The number of nitrogens with one attached hydrogen (secondary N) is 2. The van der Waals surface area contributed by atoms with Crippen molar-refractivity contribution in [2.45, 2.75) is 25.2 Å². The number of aliphatic carboxylic acids is 2. The summed E-state index contributed by atoms with van der Waals surface area (Å²) in [5, 5.41) is 25.5. The van der Waals surface area contributed by atoms with E-state index in [4.69, 9.17) is 19.8 Å². The summed E-state index contributed by atoms with van der Waals surface area (Å²) >= 11 is 0. The zero-order chi connectivity index (χ0) is 24.8. The molecule has 0 radical (unpaired) electrons. The molecule has 2 aromatic rings. The SMILES string of the molecule is O=C(O)C(F)(F)F.O=C(O)C(F)(F)F.c1ccc2c(c1)CCc1c(N3CCNCC3)n[nH]c1-2. The van der Waals surface area contributed by atoms with E-state index in [1.807, 2.05) is 0 Å². The number of piperazine rings is 1. The number of alkyl halides is 6. The highest BCUT2D eigenvalue weighted by Crippen LogP contribution is 2.36. The Morgan fingerprint density at radius 2 is 1.42 bits per heavy atom. The summed E-state index contributed by atoms with van der Waals surface area (Å²) in [5.74, 6) is -4.34. The number of nitrogens with zero attached hydrogens (tertiary/aromatic N) is 2. The van der Waals surface area contributed by atoms with Crippen LogP contribution in [-0.4, -0.2) is 70.9 Å². The predicted octanol–water partition coefficient (Wildman–Crippen LogP) is 2.85. The highest BCUT2D eigenvalue weighted by atomic mass is 19.4. The number of aromatic nitrogens is 2. The lowest BCUT2D eigenvalue weighted by molar-refractivity contribution is -0.193. The first-order chi connectivity index (χ1) is 15.3. The lowest BCUT2D eigenvalue weighted by atomic mass is 9.90. The van der Waals surface area contributed by atoms with Crippen LogP contribution in [0.2, 0.25) is 0 Å². The van der Waals surface area contributed by atoms with Gasteiger partial charge in [0.2, 0.25) is 0 Å². The number of carboxylic acids is 2. The molecule has 1 aliphatic heterocycles. The van der Waals surface area contributed by atoms with Gasteiger partial charge in [0.25, 0.3) is 0 Å². The van der Waals surface area contributed by atoms with Crippen LogP contribution in [-0.2, 0) is 22.4 Å². The molecule has 1 aromatic carbocycles. The Morgan fingerprint density at radius 3 is 1.94 bits per heavy atom. The third-order valence-corrected chi connectivity index (χ3v) is 4.68. The summed E-state index contributed by atoms with van der Waals surface area (Å²) in [6.45, 7) is 4.22. The van der Waals surface area contributed by atoms with Crippen molar-refractivity contribution in [1.82, 2.24) is 15.5 Å². The number of aryl methyl sites for hydroxylation is 1. The summed E-state index contributed by atoms with van der Waals surface area (Å²) in [5.41, 5.74) is 5.40. The largest absolute Gasteiger partial charge is 0.490 e. The number of halogens is 6. The normalized spacial score (nSPS) is 15.2. The molecule has 2 aliphatic rings. The van der Waals surface area contributed by atoms with E-state index in [2.05, 4.69) is 44.7 Å². The average molecular weight is 482 g/mol. The van der Waals surface area contributed by atoms with Gasteiger partial charge in [-0.2, -0.15) is 31.4 Å². The summed E-state index contributed by atoms with van der Waals surface area (Å²) < 4.78 is 63.5. The van der Waals surface area contributed by atoms with Crippen molar-refractivity contribution >= 4 is 17.8 Å². The van der Waals surface area contributed by atoms with Crippen molar-refractivity contribution in [3.8, 4) is 11.3 Å². The van der Waals surface area contributed by atoms with Gasteiger partial charge in [-0.1, -0.05) is 24.3 Å². The number of benzene rings is 1. The monoisotopic (exact) mass is 482 g/mol. The lowest BCUT2D eigenvalue weighted by Crippen LogP contribution is -2.44. The first-order valence-corrected chi connectivity index (χ1v) is 9.53. The second kappa shape index (κ2) is 10.6. The number of rotatable bonds is 1. The van der Waals surface area contributed by atoms with Crippen molar-refractivity contribution in [2.24, 2.45) is 0 Å². The molecule has 1 aromatic heterocycles. The molecule has 0 unspecified atom stereocenters. The summed E-state index contributed by atoms with van der Waals surface area (Å²) in [6, 6.07) is 8.66. The molecular formula is C19H20F6N4O4. The van der Waals surface area contributed by atoms with Crippen molar-refractivity contribution in [3.63, 3.8) is 0 Å². The molecule has 1 fully saturated rings. The van der Waals surface area contributed by atoms with Gasteiger partial charge < -0.3 is 20.4 Å². The Labute approximate surface area is 183 Å². The summed E-state index contributed by atoms with van der Waals surface area (Å²) in [7, 11) is 0. The van der Waals surface area contributed by atoms with Crippen LogP contribution in [0.5, 0.6) is 0 Å². The molecule has 14 heteroatoms. The molecule has 4 rings (SSSR count). The first-order valence-electron chi connectivity index (χ1n) is 9.53. The maximum atomic E-state index is 10.6. The molecule has 0 atom stereocenters. The number of carboxylic acid groups (broad SMARTS) is 2. The molecule has 2 heterocycles. The zero-order valence-electron chi connectivity index (χ0n) is 16.9. The van der Waals surface area contributed by atoms with Crippen LogP contribution < -0.4 is 10.2 Å². The van der Waals surface area contributed by atoms with E-state index < -0.39 is 24.3 Å². The molecule has 8 nitrogen and oxygen atoms in total. The number of H-pyrrole nitrogens is 1. The van der Waals surface area contributed by atoms with Crippen LogP contribution in [0.3, 0.4) is 0 Å². The van der Waals surface area contributed by atoms with E-state index in [0.29, 0.717) is 0 Å². The van der Waals surface area contributed by atoms with Gasteiger partial charge in [0, 0.05) is 37.3 Å². The Kier molecular flexibility index (Phi) is 8.30. The second-order valence-electron chi connectivity index (χ2n) is 6.90. The fourth-order valence-electron chi connectivity index (χ4n) is 3.20. The Balaban J connectivity index is 0.000000230. The number of fused-ring (bicyclic) bond motifs is 3. The van der Waals surface area contributed by atoms with Crippen LogP contribution in [0, 0.1) is 0 Å². The highest BCUT2D eigenvalue weighted by Gasteiger charge is 2.38. The molecule has 182 valence electrons. The molecule has 0 saturated carbocycles. The second-order valence-corrected chi connectivity index (χ2v) is 6.90. The molecule has 0 spiro atoms. The zero-order valence-corrected chi connectivity index (χ0v) is 16.9. The van der Waals surface area contributed by atoms with E-state index >= 15 is 0 Å². The van der Waals surface area contributed by atoms with E-state index in [-0.39, 0.29) is 0 Å². The van der Waals surface area contributed by atoms with Gasteiger partial charge in [0.15, 0.2) is 5.82 Å². The van der Waals surface area contributed by atoms with E-state index in [0.717, 1.165) is 39.0 Å². The van der Waals surface area contributed by atoms with Crippen LogP contribution in [0.1, 0.15) is 11.1 Å². The number of hydrogen-bond donors (Lipinski definition) is 4. The average Bonchev–Trinajstić information content (AvgIpc) is 3.18. The van der Waals surface area contributed by atoms with E-state index in [9.17, 15) is 26.3 Å². The van der Waals surface area contributed by atoms with Gasteiger partial charge >= 0.3 is 24.3 Å². The smallest absolute Gasteiger partial charge is 0.475 e. The predicted molar refractivity (Wildman–Crippen MR) is 104 cm³/mol. The van der Waals surface area contributed by atoms with Gasteiger partial charge in [0.05, 0.1) is 5.69 Å². The maximum Gasteiger partial charge on any atom is 0.490 e. The van der Waals surface area contributed by atoms with Crippen molar-refractivity contribution in [1.29, 1.82) is 0 Å². The van der Waals surface area contributed by atoms with Crippen molar-refractivity contribution in [2.75, 3.05) is 31.1 Å². The Morgan fingerprint density at radius 1 is 0.909 bits per heavy atom. The first kappa shape index (κ1) is 26.0. The van der Waals surface area contributed by atoms with Crippen molar-refractivity contribution < 1.29 is 46.1 Å². The maximum absolute atomic E-state index is 10.6. The fourth-order valence-corrected chi connectivity index (χ4v) is 3.20. The number of anilines is 1. The molecule has 1 aliphatic carbocycles. The Bertz CT molecular complexity index is 944. The van der Waals surface area contributed by atoms with Gasteiger partial charge in [0.1, 0.15) is 0 Å². The van der Waals surface area contributed by atoms with Crippen LogP contribution in [0.25, 0.3) is 11.3 Å². The van der Waals surface area contributed by atoms with Gasteiger partial charge in [-0.3, -0.25) is 5.10 Å². The van der Waals surface area contributed by atoms with Crippen LogP contribution in [0.4, 0.5) is 32.2 Å². The number of hydrogen-bond acceptors (Lipinski definition) is 5. The minimum absolute atomic E-state index is 1.05. The lowest BCUT2D eigenvalue weighted by Gasteiger charge is -2.29.